The van der Waals surface area contributed by atoms with E-state index in [1.54, 1.807) is 0 Å². The lowest BCUT2D eigenvalue weighted by Gasteiger charge is -2.23. The van der Waals surface area contributed by atoms with Crippen molar-refractivity contribution in [1.29, 1.82) is 0 Å². The van der Waals surface area contributed by atoms with E-state index in [0.717, 1.165) is 12.4 Å². The summed E-state index contributed by atoms with van der Waals surface area (Å²) < 4.78 is 2.33. The smallest absolute Gasteiger partial charge is 0.105 e. The average molecular weight is 207 g/mol. The summed E-state index contributed by atoms with van der Waals surface area (Å²) in [5.74, 6) is 1.14. The fourth-order valence-corrected chi connectivity index (χ4v) is 2.58. The van der Waals surface area contributed by atoms with Gasteiger partial charge in [0, 0.05) is 18.4 Å². The van der Waals surface area contributed by atoms with Crippen LogP contribution in [-0.2, 0) is 0 Å². The van der Waals surface area contributed by atoms with E-state index in [1.165, 1.54) is 25.7 Å². The Labute approximate surface area is 91.9 Å². The van der Waals surface area contributed by atoms with Gasteiger partial charge in [0.15, 0.2) is 0 Å². The second kappa shape index (κ2) is 4.79. The van der Waals surface area contributed by atoms with Crippen LogP contribution in [0.1, 0.15) is 44.5 Å². The van der Waals surface area contributed by atoms with E-state index in [4.69, 9.17) is 0 Å². The molecule has 0 aliphatic heterocycles. The molecule has 0 amide bonds. The minimum Gasteiger partial charge on any atom is -0.331 e. The van der Waals surface area contributed by atoms with Crippen molar-refractivity contribution < 1.29 is 0 Å². The SMILES string of the molecule is CCCNC1CCCC1n1ccnc1C. The zero-order valence-electron chi connectivity index (χ0n) is 9.74. The predicted molar refractivity (Wildman–Crippen MR) is 61.9 cm³/mol. The molecule has 0 saturated heterocycles. The van der Waals surface area contributed by atoms with Crippen LogP contribution in [0.5, 0.6) is 0 Å². The molecular weight excluding hydrogens is 186 g/mol. The summed E-state index contributed by atoms with van der Waals surface area (Å²) in [7, 11) is 0. The van der Waals surface area contributed by atoms with E-state index in [-0.39, 0.29) is 0 Å². The van der Waals surface area contributed by atoms with Crippen molar-refractivity contribution in [3.63, 3.8) is 0 Å². The lowest BCUT2D eigenvalue weighted by molar-refractivity contribution is 0.387. The highest BCUT2D eigenvalue weighted by Crippen LogP contribution is 2.30. The van der Waals surface area contributed by atoms with E-state index >= 15 is 0 Å². The Bertz CT molecular complexity index is 306. The first-order valence-electron chi connectivity index (χ1n) is 6.05. The number of hydrogen-bond acceptors (Lipinski definition) is 2. The minimum atomic E-state index is 0.624. The van der Waals surface area contributed by atoms with Gasteiger partial charge in [-0.25, -0.2) is 4.98 Å². The maximum absolute atomic E-state index is 4.31. The van der Waals surface area contributed by atoms with Gasteiger partial charge in [0.1, 0.15) is 5.82 Å². The lowest BCUT2D eigenvalue weighted by atomic mass is 10.1. The second-order valence-electron chi connectivity index (χ2n) is 4.44. The van der Waals surface area contributed by atoms with Gasteiger partial charge in [0.25, 0.3) is 0 Å². The monoisotopic (exact) mass is 207 g/mol. The number of aromatic nitrogens is 2. The van der Waals surface area contributed by atoms with Crippen molar-refractivity contribution in [2.75, 3.05) is 6.54 Å². The van der Waals surface area contributed by atoms with E-state index < -0.39 is 0 Å². The molecule has 2 rings (SSSR count). The molecule has 0 aromatic carbocycles. The van der Waals surface area contributed by atoms with Gasteiger partial charge in [-0.05, 0) is 39.2 Å². The second-order valence-corrected chi connectivity index (χ2v) is 4.44. The molecule has 2 atom stereocenters. The molecule has 1 aromatic rings. The van der Waals surface area contributed by atoms with Crippen molar-refractivity contribution in [3.05, 3.63) is 18.2 Å². The van der Waals surface area contributed by atoms with Gasteiger partial charge in [-0.1, -0.05) is 6.92 Å². The Morgan fingerprint density at radius 1 is 1.53 bits per heavy atom. The molecule has 0 radical (unpaired) electrons. The van der Waals surface area contributed by atoms with E-state index in [1.807, 2.05) is 6.20 Å². The molecule has 3 heteroatoms. The molecule has 0 bridgehead atoms. The molecule has 1 saturated carbocycles. The third kappa shape index (κ3) is 2.23. The van der Waals surface area contributed by atoms with Crippen LogP contribution in [0.3, 0.4) is 0 Å². The molecule has 1 aliphatic carbocycles. The first-order chi connectivity index (χ1) is 7.33. The number of hydrogen-bond donors (Lipinski definition) is 1. The Kier molecular flexibility index (Phi) is 3.41. The summed E-state index contributed by atoms with van der Waals surface area (Å²) >= 11 is 0. The molecule has 0 spiro atoms. The van der Waals surface area contributed by atoms with E-state index in [0.29, 0.717) is 12.1 Å². The first-order valence-corrected chi connectivity index (χ1v) is 6.05. The zero-order chi connectivity index (χ0) is 10.7. The Hall–Kier alpha value is -0.830. The zero-order valence-corrected chi connectivity index (χ0v) is 9.74. The van der Waals surface area contributed by atoms with Crippen LogP contribution in [0.15, 0.2) is 12.4 Å². The van der Waals surface area contributed by atoms with Crippen LogP contribution in [0.25, 0.3) is 0 Å². The van der Waals surface area contributed by atoms with E-state index in [9.17, 15) is 0 Å². The van der Waals surface area contributed by atoms with Crippen LogP contribution < -0.4 is 5.32 Å². The molecule has 1 aliphatic rings. The molecule has 15 heavy (non-hydrogen) atoms. The number of nitrogens with zero attached hydrogens (tertiary/aromatic N) is 2. The predicted octanol–water partition coefficient (Wildman–Crippen LogP) is 2.28. The van der Waals surface area contributed by atoms with Crippen LogP contribution >= 0.6 is 0 Å². The highest BCUT2D eigenvalue weighted by Gasteiger charge is 2.28. The Morgan fingerprint density at radius 2 is 2.40 bits per heavy atom. The number of nitrogens with one attached hydrogen (secondary N) is 1. The highest BCUT2D eigenvalue weighted by atomic mass is 15.1. The molecule has 3 nitrogen and oxygen atoms in total. The third-order valence-electron chi connectivity index (χ3n) is 3.36. The fourth-order valence-electron chi connectivity index (χ4n) is 2.58. The summed E-state index contributed by atoms with van der Waals surface area (Å²) in [5.41, 5.74) is 0. The largest absolute Gasteiger partial charge is 0.331 e. The summed E-state index contributed by atoms with van der Waals surface area (Å²) in [6.07, 6.45) is 9.17. The standard InChI is InChI=1S/C12H21N3/c1-3-7-14-11-5-4-6-12(11)15-9-8-13-10(15)2/h8-9,11-12,14H,3-7H2,1-2H3. The van der Waals surface area contributed by atoms with E-state index in [2.05, 4.69) is 34.9 Å². The quantitative estimate of drug-likeness (QED) is 0.821. The van der Waals surface area contributed by atoms with Gasteiger partial charge in [-0.2, -0.15) is 0 Å². The lowest BCUT2D eigenvalue weighted by Crippen LogP contribution is -2.34. The normalized spacial score (nSPS) is 26.0. The number of aryl methyl sites for hydroxylation is 1. The summed E-state index contributed by atoms with van der Waals surface area (Å²) in [4.78, 5) is 4.31. The van der Waals surface area contributed by atoms with Gasteiger partial charge < -0.3 is 9.88 Å². The van der Waals surface area contributed by atoms with Gasteiger partial charge in [-0.3, -0.25) is 0 Å². The molecule has 1 aromatic heterocycles. The van der Waals surface area contributed by atoms with Gasteiger partial charge in [0.05, 0.1) is 6.04 Å². The van der Waals surface area contributed by atoms with Crippen molar-refractivity contribution in [3.8, 4) is 0 Å². The van der Waals surface area contributed by atoms with Crippen molar-refractivity contribution in [2.45, 2.75) is 51.6 Å². The topological polar surface area (TPSA) is 29.9 Å². The van der Waals surface area contributed by atoms with Gasteiger partial charge >= 0.3 is 0 Å². The highest BCUT2D eigenvalue weighted by molar-refractivity contribution is 4.98. The summed E-state index contributed by atoms with van der Waals surface area (Å²) in [6, 6.07) is 1.27. The molecule has 1 fully saturated rings. The minimum absolute atomic E-state index is 0.624. The summed E-state index contributed by atoms with van der Waals surface area (Å²) in [6.45, 7) is 5.45. The van der Waals surface area contributed by atoms with Crippen molar-refractivity contribution >= 4 is 0 Å². The van der Waals surface area contributed by atoms with Crippen LogP contribution in [0.4, 0.5) is 0 Å². The van der Waals surface area contributed by atoms with Crippen LogP contribution in [0.2, 0.25) is 0 Å². The maximum atomic E-state index is 4.31. The van der Waals surface area contributed by atoms with Gasteiger partial charge in [0.2, 0.25) is 0 Å². The van der Waals surface area contributed by atoms with Crippen LogP contribution in [-0.4, -0.2) is 22.1 Å². The van der Waals surface area contributed by atoms with Crippen molar-refractivity contribution in [2.24, 2.45) is 0 Å². The molecular formula is C12H21N3. The number of rotatable bonds is 4. The average Bonchev–Trinajstić information content (AvgIpc) is 2.82. The first kappa shape index (κ1) is 10.7. The maximum Gasteiger partial charge on any atom is 0.105 e. The Morgan fingerprint density at radius 3 is 3.07 bits per heavy atom. The summed E-state index contributed by atoms with van der Waals surface area (Å²) in [5, 5.41) is 3.65. The molecule has 1 N–H and O–H groups in total. The fraction of sp³-hybridized carbons (Fsp3) is 0.750. The third-order valence-corrected chi connectivity index (χ3v) is 3.36. The van der Waals surface area contributed by atoms with Gasteiger partial charge in [-0.15, -0.1) is 0 Å². The number of imidazole rings is 1. The molecule has 84 valence electrons. The van der Waals surface area contributed by atoms with Crippen molar-refractivity contribution in [1.82, 2.24) is 14.9 Å². The molecule has 1 heterocycles. The van der Waals surface area contributed by atoms with Crippen LogP contribution in [0, 0.1) is 6.92 Å². The Balaban J connectivity index is 2.04. The molecule has 2 unspecified atom stereocenters.